The number of para-hydroxylation sites is 1. The van der Waals surface area contributed by atoms with Crippen LogP contribution < -0.4 is 10.5 Å². The summed E-state index contributed by atoms with van der Waals surface area (Å²) in [4.78, 5) is 4.20. The molecule has 0 amide bonds. The number of rotatable bonds is 5. The van der Waals surface area contributed by atoms with Crippen molar-refractivity contribution in [2.75, 3.05) is 6.61 Å². The van der Waals surface area contributed by atoms with Gasteiger partial charge in [-0.25, -0.2) is 0 Å². The number of nitrogens with zero attached hydrogens (tertiary/aromatic N) is 1. The number of pyridine rings is 1. The largest absolute Gasteiger partial charge is 0.494 e. The molecular weight excluding hydrogens is 260 g/mol. The number of nitrogens with two attached hydrogens (primary N) is 1. The van der Waals surface area contributed by atoms with Crippen LogP contribution in [-0.2, 0) is 0 Å². The lowest BCUT2D eigenvalue weighted by Crippen LogP contribution is -2.14. The van der Waals surface area contributed by atoms with Crippen molar-refractivity contribution in [2.24, 2.45) is 5.73 Å². The summed E-state index contributed by atoms with van der Waals surface area (Å²) in [6, 6.07) is 17.9. The molecule has 0 fully saturated rings. The molecular formula is C18H18N2O. The van der Waals surface area contributed by atoms with Gasteiger partial charge in [0.1, 0.15) is 5.75 Å². The van der Waals surface area contributed by atoms with Crippen LogP contribution in [0, 0.1) is 0 Å². The topological polar surface area (TPSA) is 48.1 Å². The zero-order valence-corrected chi connectivity index (χ0v) is 11.8. The van der Waals surface area contributed by atoms with E-state index < -0.39 is 0 Å². The van der Waals surface area contributed by atoms with Crippen LogP contribution >= 0.6 is 0 Å². The van der Waals surface area contributed by atoms with Crippen LogP contribution in [0.15, 0.2) is 67.0 Å². The molecule has 3 heteroatoms. The number of ether oxygens (including phenoxy) is 1. The molecule has 0 radical (unpaired) electrons. The van der Waals surface area contributed by atoms with Crippen LogP contribution in [0.25, 0.3) is 10.8 Å². The van der Waals surface area contributed by atoms with Gasteiger partial charge in [0.05, 0.1) is 6.61 Å². The quantitative estimate of drug-likeness (QED) is 0.774. The fraction of sp³-hybridized carbons (Fsp3) is 0.167. The van der Waals surface area contributed by atoms with Crippen molar-refractivity contribution in [3.05, 3.63) is 72.6 Å². The zero-order valence-electron chi connectivity index (χ0n) is 11.8. The molecule has 0 saturated carbocycles. The summed E-state index contributed by atoms with van der Waals surface area (Å²) in [5.74, 6) is 0.879. The average molecular weight is 278 g/mol. The Morgan fingerprint density at radius 1 is 1.00 bits per heavy atom. The molecule has 0 aliphatic heterocycles. The number of hydrogen-bond acceptors (Lipinski definition) is 3. The Balaban J connectivity index is 1.68. The number of fused-ring (bicyclic) bond motifs is 1. The predicted octanol–water partition coefficient (Wildman–Crippen LogP) is 3.70. The molecule has 0 aliphatic rings. The van der Waals surface area contributed by atoms with Gasteiger partial charge in [-0.05, 0) is 29.1 Å². The SMILES string of the molecule is NC(CCOc1ccccc1)c1cccc2ccncc12. The van der Waals surface area contributed by atoms with Gasteiger partial charge in [-0.2, -0.15) is 0 Å². The molecule has 1 unspecified atom stereocenters. The number of aromatic nitrogens is 1. The van der Waals surface area contributed by atoms with Crippen molar-refractivity contribution in [2.45, 2.75) is 12.5 Å². The Hall–Kier alpha value is -2.39. The maximum Gasteiger partial charge on any atom is 0.119 e. The highest BCUT2D eigenvalue weighted by molar-refractivity contribution is 5.85. The van der Waals surface area contributed by atoms with Gasteiger partial charge in [-0.3, -0.25) is 4.98 Å². The molecule has 0 aliphatic carbocycles. The molecule has 106 valence electrons. The average Bonchev–Trinajstić information content (AvgIpc) is 2.55. The van der Waals surface area contributed by atoms with E-state index in [0.717, 1.165) is 23.1 Å². The van der Waals surface area contributed by atoms with E-state index in [9.17, 15) is 0 Å². The highest BCUT2D eigenvalue weighted by Crippen LogP contribution is 2.24. The van der Waals surface area contributed by atoms with Gasteiger partial charge in [0.15, 0.2) is 0 Å². The minimum absolute atomic E-state index is 0.0541. The second-order valence-electron chi connectivity index (χ2n) is 5.00. The first kappa shape index (κ1) is 13.6. The Labute approximate surface area is 124 Å². The summed E-state index contributed by atoms with van der Waals surface area (Å²) in [6.07, 6.45) is 4.45. The van der Waals surface area contributed by atoms with Gasteiger partial charge in [0.2, 0.25) is 0 Å². The van der Waals surface area contributed by atoms with E-state index in [1.165, 1.54) is 5.39 Å². The van der Waals surface area contributed by atoms with Crippen LogP contribution in [0.4, 0.5) is 0 Å². The molecule has 3 rings (SSSR count). The maximum atomic E-state index is 6.32. The molecule has 0 bridgehead atoms. The molecule has 3 aromatic rings. The Bertz CT molecular complexity index is 707. The van der Waals surface area contributed by atoms with Crippen molar-refractivity contribution in [1.29, 1.82) is 0 Å². The third-order valence-electron chi connectivity index (χ3n) is 3.56. The molecule has 2 aromatic carbocycles. The van der Waals surface area contributed by atoms with Gasteiger partial charge in [0, 0.05) is 30.2 Å². The van der Waals surface area contributed by atoms with Crippen molar-refractivity contribution in [1.82, 2.24) is 4.98 Å². The lowest BCUT2D eigenvalue weighted by molar-refractivity contribution is 0.299. The fourth-order valence-corrected chi connectivity index (χ4v) is 2.44. The minimum Gasteiger partial charge on any atom is -0.494 e. The first-order valence-electron chi connectivity index (χ1n) is 7.10. The van der Waals surface area contributed by atoms with Gasteiger partial charge < -0.3 is 10.5 Å². The Morgan fingerprint density at radius 3 is 2.71 bits per heavy atom. The van der Waals surface area contributed by atoms with E-state index in [1.807, 2.05) is 48.7 Å². The highest BCUT2D eigenvalue weighted by atomic mass is 16.5. The standard InChI is InChI=1S/C18H18N2O/c19-18(10-12-21-15-6-2-1-3-7-15)16-8-4-5-14-9-11-20-13-17(14)16/h1-9,11,13,18H,10,12,19H2. The van der Waals surface area contributed by atoms with Gasteiger partial charge >= 0.3 is 0 Å². The first-order valence-corrected chi connectivity index (χ1v) is 7.10. The van der Waals surface area contributed by atoms with E-state index in [2.05, 4.69) is 17.1 Å². The normalized spacial score (nSPS) is 12.2. The molecule has 1 heterocycles. The fourth-order valence-electron chi connectivity index (χ4n) is 2.44. The summed E-state index contributed by atoms with van der Waals surface area (Å²) >= 11 is 0. The third-order valence-corrected chi connectivity index (χ3v) is 3.56. The zero-order chi connectivity index (χ0) is 14.5. The van der Waals surface area contributed by atoms with E-state index >= 15 is 0 Å². The summed E-state index contributed by atoms with van der Waals surface area (Å²) in [5, 5.41) is 2.29. The number of hydrogen-bond donors (Lipinski definition) is 1. The van der Waals surface area contributed by atoms with Crippen molar-refractivity contribution >= 4 is 10.8 Å². The molecule has 1 aromatic heterocycles. The molecule has 3 nitrogen and oxygen atoms in total. The van der Waals surface area contributed by atoms with Gasteiger partial charge in [-0.1, -0.05) is 36.4 Å². The van der Waals surface area contributed by atoms with Crippen LogP contribution in [0.5, 0.6) is 5.75 Å². The molecule has 2 N–H and O–H groups in total. The minimum atomic E-state index is -0.0541. The maximum absolute atomic E-state index is 6.32. The number of benzene rings is 2. The smallest absolute Gasteiger partial charge is 0.119 e. The highest BCUT2D eigenvalue weighted by Gasteiger charge is 2.10. The third kappa shape index (κ3) is 3.20. The van der Waals surface area contributed by atoms with Crippen molar-refractivity contribution < 1.29 is 4.74 Å². The predicted molar refractivity (Wildman–Crippen MR) is 85.2 cm³/mol. The first-order chi connectivity index (χ1) is 10.3. The van der Waals surface area contributed by atoms with E-state index in [-0.39, 0.29) is 6.04 Å². The molecule has 1 atom stereocenters. The molecule has 0 spiro atoms. The Morgan fingerprint density at radius 2 is 1.86 bits per heavy atom. The second-order valence-corrected chi connectivity index (χ2v) is 5.00. The summed E-state index contributed by atoms with van der Waals surface area (Å²) in [5.41, 5.74) is 7.44. The van der Waals surface area contributed by atoms with Crippen LogP contribution in [0.2, 0.25) is 0 Å². The monoisotopic (exact) mass is 278 g/mol. The second kappa shape index (κ2) is 6.37. The van der Waals surface area contributed by atoms with Crippen LogP contribution in [0.1, 0.15) is 18.0 Å². The molecule has 0 saturated heterocycles. The van der Waals surface area contributed by atoms with E-state index in [4.69, 9.17) is 10.5 Å². The van der Waals surface area contributed by atoms with Gasteiger partial charge in [-0.15, -0.1) is 0 Å². The lowest BCUT2D eigenvalue weighted by atomic mass is 9.99. The Kier molecular flexibility index (Phi) is 4.12. The molecule has 21 heavy (non-hydrogen) atoms. The lowest BCUT2D eigenvalue weighted by Gasteiger charge is -2.15. The van der Waals surface area contributed by atoms with E-state index in [1.54, 1.807) is 6.20 Å². The summed E-state index contributed by atoms with van der Waals surface area (Å²) in [7, 11) is 0. The van der Waals surface area contributed by atoms with Crippen molar-refractivity contribution in [3.63, 3.8) is 0 Å². The van der Waals surface area contributed by atoms with E-state index in [0.29, 0.717) is 6.61 Å². The summed E-state index contributed by atoms with van der Waals surface area (Å²) in [6.45, 7) is 0.599. The van der Waals surface area contributed by atoms with Crippen molar-refractivity contribution in [3.8, 4) is 5.75 Å². The van der Waals surface area contributed by atoms with Crippen LogP contribution in [0.3, 0.4) is 0 Å². The van der Waals surface area contributed by atoms with Crippen LogP contribution in [-0.4, -0.2) is 11.6 Å². The summed E-state index contributed by atoms with van der Waals surface area (Å²) < 4.78 is 5.71. The van der Waals surface area contributed by atoms with Gasteiger partial charge in [0.25, 0.3) is 0 Å².